The van der Waals surface area contributed by atoms with Crippen LogP contribution in [0.5, 0.6) is 0 Å². The number of aliphatic hydroxyl groups is 1. The van der Waals surface area contributed by atoms with Crippen molar-refractivity contribution in [1.82, 2.24) is 0 Å². The first kappa shape index (κ1) is 8.97. The molecule has 1 heterocycles. The smallest absolute Gasteiger partial charge is 0.312 e. The molecule has 0 bridgehead atoms. The maximum atomic E-state index is 11.3. The second-order valence-corrected chi connectivity index (χ2v) is 3.65. The van der Waals surface area contributed by atoms with Crippen molar-refractivity contribution in [2.75, 3.05) is 6.61 Å². The van der Waals surface area contributed by atoms with Gasteiger partial charge in [-0.2, -0.15) is 0 Å². The second kappa shape index (κ2) is 2.96. The molecule has 0 amide bonds. The number of aliphatic hydroxyl groups excluding tert-OH is 1. The molecule has 1 N–H and O–H groups in total. The zero-order valence-corrected chi connectivity index (χ0v) is 7.77. The number of fused-ring (bicyclic) bond motifs is 1. The van der Waals surface area contributed by atoms with Crippen molar-refractivity contribution in [3.8, 4) is 0 Å². The van der Waals surface area contributed by atoms with E-state index in [2.05, 4.69) is 0 Å². The van der Waals surface area contributed by atoms with Gasteiger partial charge in [0, 0.05) is 5.92 Å². The fourth-order valence-electron chi connectivity index (χ4n) is 2.06. The van der Waals surface area contributed by atoms with Gasteiger partial charge in [-0.3, -0.25) is 4.79 Å². The molecule has 4 nitrogen and oxygen atoms in total. The molecule has 1 saturated heterocycles. The van der Waals surface area contributed by atoms with Gasteiger partial charge in [-0.1, -0.05) is 0 Å². The summed E-state index contributed by atoms with van der Waals surface area (Å²) in [6.07, 6.45) is -0.732. The molecule has 0 unspecified atom stereocenters. The molecule has 13 heavy (non-hydrogen) atoms. The summed E-state index contributed by atoms with van der Waals surface area (Å²) in [6.45, 7) is 3.98. The van der Waals surface area contributed by atoms with Crippen LogP contribution in [0, 0.1) is 11.8 Å². The van der Waals surface area contributed by atoms with Gasteiger partial charge in [0.15, 0.2) is 0 Å². The fraction of sp³-hybridized carbons (Fsp3) is 0.889. The van der Waals surface area contributed by atoms with Gasteiger partial charge < -0.3 is 14.6 Å². The molecule has 4 heteroatoms. The van der Waals surface area contributed by atoms with Crippen molar-refractivity contribution < 1.29 is 19.4 Å². The molecule has 74 valence electrons. The monoisotopic (exact) mass is 186 g/mol. The molecule has 0 spiro atoms. The van der Waals surface area contributed by atoms with Crippen LogP contribution in [-0.2, 0) is 14.3 Å². The molecule has 0 aromatic rings. The van der Waals surface area contributed by atoms with E-state index >= 15 is 0 Å². The van der Waals surface area contributed by atoms with Crippen molar-refractivity contribution in [2.24, 2.45) is 11.8 Å². The first-order valence-corrected chi connectivity index (χ1v) is 4.67. The Morgan fingerprint density at radius 3 is 2.77 bits per heavy atom. The number of hydrogen-bond acceptors (Lipinski definition) is 4. The number of hydrogen-bond donors (Lipinski definition) is 1. The first-order chi connectivity index (χ1) is 6.16. The van der Waals surface area contributed by atoms with Crippen molar-refractivity contribution in [2.45, 2.75) is 32.2 Å². The van der Waals surface area contributed by atoms with Crippen LogP contribution in [0.25, 0.3) is 0 Å². The number of ether oxygens (including phenoxy) is 2. The quantitative estimate of drug-likeness (QED) is 0.614. The summed E-state index contributed by atoms with van der Waals surface area (Å²) in [7, 11) is 0. The predicted octanol–water partition coefficient (Wildman–Crippen LogP) is -0.0563. The third kappa shape index (κ3) is 1.25. The minimum atomic E-state index is -0.501. The zero-order valence-electron chi connectivity index (χ0n) is 7.77. The Hall–Kier alpha value is -0.610. The topological polar surface area (TPSA) is 55.8 Å². The van der Waals surface area contributed by atoms with Crippen molar-refractivity contribution in [3.63, 3.8) is 0 Å². The Balaban J connectivity index is 1.92. The van der Waals surface area contributed by atoms with Gasteiger partial charge in [0.2, 0.25) is 0 Å². The molecule has 2 fully saturated rings. The van der Waals surface area contributed by atoms with Crippen LogP contribution in [0.2, 0.25) is 0 Å². The van der Waals surface area contributed by atoms with Crippen LogP contribution in [0.4, 0.5) is 0 Å². The standard InChI is InChI=1S/C9H14O4/c1-3-12-9(11)6-5-7(10)4(2)13-8(5)6/h4-8,10H,3H2,1-2H3/t4-,5-,6+,7+,8+/m0/s1. The molecule has 1 saturated carbocycles. The lowest BCUT2D eigenvalue weighted by Gasteiger charge is -2.14. The summed E-state index contributed by atoms with van der Waals surface area (Å²) in [5, 5.41) is 9.56. The molecule has 0 aromatic heterocycles. The van der Waals surface area contributed by atoms with Crippen LogP contribution < -0.4 is 0 Å². The molecule has 1 aliphatic heterocycles. The third-order valence-corrected chi connectivity index (χ3v) is 2.81. The van der Waals surface area contributed by atoms with E-state index in [1.165, 1.54) is 0 Å². The largest absolute Gasteiger partial charge is 0.466 e. The highest BCUT2D eigenvalue weighted by molar-refractivity contribution is 5.77. The summed E-state index contributed by atoms with van der Waals surface area (Å²) in [5.74, 6) is -0.469. The number of esters is 1. The SMILES string of the molecule is CCOC(=O)[C@H]1[C@@H]2O[C@@H](C)[C@@H](O)[C@@H]21. The van der Waals surface area contributed by atoms with Crippen molar-refractivity contribution in [1.29, 1.82) is 0 Å². The highest BCUT2D eigenvalue weighted by Crippen LogP contribution is 2.52. The average molecular weight is 186 g/mol. The van der Waals surface area contributed by atoms with Crippen LogP contribution in [0.15, 0.2) is 0 Å². The molecular weight excluding hydrogens is 172 g/mol. The molecule has 2 aliphatic rings. The molecule has 2 rings (SSSR count). The van der Waals surface area contributed by atoms with E-state index in [0.29, 0.717) is 6.61 Å². The minimum Gasteiger partial charge on any atom is -0.466 e. The van der Waals surface area contributed by atoms with Crippen molar-refractivity contribution in [3.05, 3.63) is 0 Å². The minimum absolute atomic E-state index is 0.0194. The van der Waals surface area contributed by atoms with Gasteiger partial charge in [0.1, 0.15) is 0 Å². The lowest BCUT2D eigenvalue weighted by molar-refractivity contribution is -0.148. The van der Waals surface area contributed by atoms with Crippen molar-refractivity contribution >= 4 is 5.97 Å². The zero-order chi connectivity index (χ0) is 9.59. The van der Waals surface area contributed by atoms with E-state index in [4.69, 9.17) is 9.47 Å². The van der Waals surface area contributed by atoms with E-state index in [1.807, 2.05) is 6.92 Å². The summed E-state index contributed by atoms with van der Waals surface area (Å²) in [4.78, 5) is 11.3. The third-order valence-electron chi connectivity index (χ3n) is 2.81. The highest BCUT2D eigenvalue weighted by atomic mass is 16.6. The maximum Gasteiger partial charge on any atom is 0.312 e. The Morgan fingerprint density at radius 2 is 2.31 bits per heavy atom. The van der Waals surface area contributed by atoms with E-state index in [-0.39, 0.29) is 30.0 Å². The number of carbonyl (C=O) groups excluding carboxylic acids is 1. The predicted molar refractivity (Wildman–Crippen MR) is 44.0 cm³/mol. The van der Waals surface area contributed by atoms with Crippen LogP contribution in [0.3, 0.4) is 0 Å². The Morgan fingerprint density at radius 1 is 1.62 bits per heavy atom. The lowest BCUT2D eigenvalue weighted by Crippen LogP contribution is -2.26. The average Bonchev–Trinajstić information content (AvgIpc) is 2.70. The fourth-order valence-corrected chi connectivity index (χ4v) is 2.06. The van der Waals surface area contributed by atoms with E-state index in [0.717, 1.165) is 0 Å². The molecular formula is C9H14O4. The summed E-state index contributed by atoms with van der Waals surface area (Å²) in [6, 6.07) is 0. The van der Waals surface area contributed by atoms with E-state index < -0.39 is 6.10 Å². The normalized spacial score (nSPS) is 47.2. The van der Waals surface area contributed by atoms with Gasteiger partial charge in [-0.25, -0.2) is 0 Å². The summed E-state index contributed by atoms with van der Waals surface area (Å²) in [5.41, 5.74) is 0. The Labute approximate surface area is 76.8 Å². The van der Waals surface area contributed by atoms with Crippen LogP contribution in [0.1, 0.15) is 13.8 Å². The van der Waals surface area contributed by atoms with Gasteiger partial charge in [0.25, 0.3) is 0 Å². The van der Waals surface area contributed by atoms with E-state index in [1.54, 1.807) is 6.92 Å². The first-order valence-electron chi connectivity index (χ1n) is 4.67. The second-order valence-electron chi connectivity index (χ2n) is 3.65. The number of carbonyl (C=O) groups is 1. The molecule has 1 aliphatic carbocycles. The van der Waals surface area contributed by atoms with Gasteiger partial charge in [-0.05, 0) is 13.8 Å². The molecule has 5 atom stereocenters. The highest BCUT2D eigenvalue weighted by Gasteiger charge is 2.66. The maximum absolute atomic E-state index is 11.3. The lowest BCUT2D eigenvalue weighted by atomic mass is 10.1. The van der Waals surface area contributed by atoms with Crippen LogP contribution >= 0.6 is 0 Å². The van der Waals surface area contributed by atoms with Gasteiger partial charge >= 0.3 is 5.97 Å². The molecule has 0 radical (unpaired) electrons. The summed E-state index contributed by atoms with van der Waals surface area (Å²) >= 11 is 0. The molecule has 0 aromatic carbocycles. The van der Waals surface area contributed by atoms with E-state index in [9.17, 15) is 9.90 Å². The van der Waals surface area contributed by atoms with Gasteiger partial charge in [0.05, 0.1) is 30.8 Å². The Bertz CT molecular complexity index is 228. The van der Waals surface area contributed by atoms with Crippen LogP contribution in [-0.4, -0.2) is 36.0 Å². The Kier molecular flexibility index (Phi) is 2.04. The number of rotatable bonds is 2. The summed E-state index contributed by atoms with van der Waals surface area (Å²) < 4.78 is 10.2. The van der Waals surface area contributed by atoms with Gasteiger partial charge in [-0.15, -0.1) is 0 Å².